The highest BCUT2D eigenvalue weighted by Gasteiger charge is 2.44. The van der Waals surface area contributed by atoms with E-state index in [4.69, 9.17) is 18.9 Å². The third kappa shape index (κ3) is 8.77. The van der Waals surface area contributed by atoms with E-state index in [1.807, 2.05) is 30.3 Å². The quantitative estimate of drug-likeness (QED) is 0.309. The lowest BCUT2D eigenvalue weighted by Crippen LogP contribution is -2.46. The van der Waals surface area contributed by atoms with E-state index >= 15 is 0 Å². The standard InChI is InChI=1S/C36H48N4O7/c1-5-46-35(43)36(19-25-8-9-25)20-26-10-13-31(45-4)32(17-26)47-22-34(42)37-14-16-40(15-6-7-33(41)38-23-36)21-30-24(2)28-18-27(44-3)11-12-29(28)39-30/h10-13,17-18,25,39H,5-9,14-16,19-23H2,1-4H3,(H,37,42)(H,38,41). The number of aryl methyl sites for hydroxylation is 1. The zero-order valence-electron chi connectivity index (χ0n) is 28.0. The Morgan fingerprint density at radius 1 is 1.04 bits per heavy atom. The zero-order valence-corrected chi connectivity index (χ0v) is 28.0. The molecular weight excluding hydrogens is 600 g/mol. The molecule has 11 heteroatoms. The van der Waals surface area contributed by atoms with Crippen LogP contribution in [-0.2, 0) is 32.1 Å². The van der Waals surface area contributed by atoms with Gasteiger partial charge in [0.05, 0.1) is 26.2 Å². The summed E-state index contributed by atoms with van der Waals surface area (Å²) in [7, 11) is 3.21. The summed E-state index contributed by atoms with van der Waals surface area (Å²) < 4.78 is 22.5. The van der Waals surface area contributed by atoms with Crippen LogP contribution in [0.3, 0.4) is 0 Å². The minimum Gasteiger partial charge on any atom is -0.497 e. The van der Waals surface area contributed by atoms with Crippen LogP contribution >= 0.6 is 0 Å². The van der Waals surface area contributed by atoms with Crippen LogP contribution in [-0.4, -0.2) is 81.3 Å². The number of hydrogen-bond acceptors (Lipinski definition) is 8. The van der Waals surface area contributed by atoms with E-state index in [1.54, 1.807) is 27.2 Å². The summed E-state index contributed by atoms with van der Waals surface area (Å²) in [6, 6.07) is 11.5. The SMILES string of the molecule is CCOC(=O)C1(CC2CC2)CNC(=O)CCCN(Cc2[nH]c3ccc(OC)cc3c2C)CCNC(=O)COc2cc(ccc2OC)C1. The molecular formula is C36H48N4O7. The van der Waals surface area contributed by atoms with Gasteiger partial charge in [0.1, 0.15) is 5.75 Å². The van der Waals surface area contributed by atoms with Crippen molar-refractivity contribution in [3.8, 4) is 17.2 Å². The largest absolute Gasteiger partial charge is 0.497 e. The fourth-order valence-electron chi connectivity index (χ4n) is 6.44. The Morgan fingerprint density at radius 2 is 1.87 bits per heavy atom. The van der Waals surface area contributed by atoms with Crippen molar-refractivity contribution in [2.45, 2.75) is 58.9 Å². The molecule has 2 aromatic carbocycles. The van der Waals surface area contributed by atoms with Crippen molar-refractivity contribution in [3.63, 3.8) is 0 Å². The maximum Gasteiger partial charge on any atom is 0.314 e. The maximum atomic E-state index is 13.6. The number of rotatable bonds is 8. The number of esters is 1. The molecule has 1 fully saturated rings. The minimum atomic E-state index is -0.927. The number of nitrogens with zero attached hydrogens (tertiary/aromatic N) is 1. The minimum absolute atomic E-state index is 0.100. The summed E-state index contributed by atoms with van der Waals surface area (Å²) in [6.07, 6.45) is 4.03. The van der Waals surface area contributed by atoms with Gasteiger partial charge in [-0.05, 0) is 87.0 Å². The number of fused-ring (bicyclic) bond motifs is 3. The lowest BCUT2D eigenvalue weighted by molar-refractivity contribution is -0.156. The van der Waals surface area contributed by atoms with Crippen molar-refractivity contribution in [2.75, 3.05) is 53.6 Å². The fourth-order valence-corrected chi connectivity index (χ4v) is 6.44. The van der Waals surface area contributed by atoms with E-state index < -0.39 is 5.41 Å². The first-order valence-electron chi connectivity index (χ1n) is 16.6. The van der Waals surface area contributed by atoms with Crippen LogP contribution < -0.4 is 24.8 Å². The first-order chi connectivity index (χ1) is 22.7. The summed E-state index contributed by atoms with van der Waals surface area (Å²) in [6.45, 7) is 6.41. The summed E-state index contributed by atoms with van der Waals surface area (Å²) in [5, 5.41) is 7.17. The zero-order chi connectivity index (χ0) is 33.4. The molecule has 0 radical (unpaired) electrons. The number of carbonyl (C=O) groups is 3. The van der Waals surface area contributed by atoms with Crippen LogP contribution in [0.4, 0.5) is 0 Å². The third-order valence-electron chi connectivity index (χ3n) is 9.22. The Morgan fingerprint density at radius 3 is 2.62 bits per heavy atom. The lowest BCUT2D eigenvalue weighted by atomic mass is 9.76. The number of aromatic amines is 1. The summed E-state index contributed by atoms with van der Waals surface area (Å²) in [5.41, 5.74) is 3.15. The number of benzene rings is 2. The number of hydrogen-bond donors (Lipinski definition) is 3. The predicted molar refractivity (Wildman–Crippen MR) is 179 cm³/mol. The second kappa shape index (κ2) is 15.6. The van der Waals surface area contributed by atoms with Crippen LogP contribution in [0.1, 0.15) is 55.8 Å². The Bertz CT molecular complexity index is 1570. The van der Waals surface area contributed by atoms with Gasteiger partial charge < -0.3 is 34.6 Å². The number of H-pyrrole nitrogens is 1. The first-order valence-corrected chi connectivity index (χ1v) is 16.6. The number of amides is 2. The molecule has 1 saturated carbocycles. The molecule has 11 nitrogen and oxygen atoms in total. The summed E-state index contributed by atoms with van der Waals surface area (Å²) in [5.74, 6) is 1.46. The molecule has 0 saturated heterocycles. The molecule has 47 heavy (non-hydrogen) atoms. The van der Waals surface area contributed by atoms with E-state index in [9.17, 15) is 14.4 Å². The molecule has 1 aromatic heterocycles. The summed E-state index contributed by atoms with van der Waals surface area (Å²) in [4.78, 5) is 45.5. The fraction of sp³-hybridized carbons (Fsp3) is 0.528. The van der Waals surface area contributed by atoms with Gasteiger partial charge in [0.25, 0.3) is 5.91 Å². The number of aromatic nitrogens is 1. The van der Waals surface area contributed by atoms with Crippen molar-refractivity contribution in [1.29, 1.82) is 0 Å². The molecule has 5 rings (SSSR count). The normalized spacial score (nSPS) is 20.3. The van der Waals surface area contributed by atoms with Gasteiger partial charge >= 0.3 is 5.97 Å². The average molecular weight is 649 g/mol. The van der Waals surface area contributed by atoms with Crippen LogP contribution in [0.2, 0.25) is 0 Å². The van der Waals surface area contributed by atoms with Gasteiger partial charge in [0.15, 0.2) is 18.1 Å². The van der Waals surface area contributed by atoms with E-state index in [2.05, 4.69) is 27.4 Å². The Kier molecular flexibility index (Phi) is 11.3. The first kappa shape index (κ1) is 34.1. The molecule has 1 aliphatic heterocycles. The van der Waals surface area contributed by atoms with E-state index in [0.29, 0.717) is 69.3 Å². The van der Waals surface area contributed by atoms with Gasteiger partial charge in [-0.25, -0.2) is 0 Å². The number of ether oxygens (including phenoxy) is 4. The molecule has 2 aliphatic rings. The van der Waals surface area contributed by atoms with Gasteiger partial charge in [-0.3, -0.25) is 19.3 Å². The van der Waals surface area contributed by atoms with Crippen molar-refractivity contribution in [3.05, 3.63) is 53.2 Å². The molecule has 2 bridgehead atoms. The molecule has 1 unspecified atom stereocenters. The smallest absolute Gasteiger partial charge is 0.314 e. The molecule has 1 aliphatic carbocycles. The number of nitrogens with one attached hydrogen (secondary N) is 3. The predicted octanol–water partition coefficient (Wildman–Crippen LogP) is 4.29. The monoisotopic (exact) mass is 648 g/mol. The molecule has 3 N–H and O–H groups in total. The van der Waals surface area contributed by atoms with Crippen molar-refractivity contribution in [1.82, 2.24) is 20.5 Å². The Hall–Kier alpha value is -4.25. The van der Waals surface area contributed by atoms with Crippen LogP contribution in [0.25, 0.3) is 10.9 Å². The van der Waals surface area contributed by atoms with Gasteiger partial charge in [0.2, 0.25) is 5.91 Å². The van der Waals surface area contributed by atoms with Crippen molar-refractivity contribution in [2.24, 2.45) is 11.3 Å². The molecule has 2 amide bonds. The highest BCUT2D eigenvalue weighted by molar-refractivity contribution is 5.86. The van der Waals surface area contributed by atoms with Gasteiger partial charge in [-0.2, -0.15) is 0 Å². The molecule has 254 valence electrons. The highest BCUT2D eigenvalue weighted by atomic mass is 16.5. The second-order valence-corrected chi connectivity index (χ2v) is 12.7. The van der Waals surface area contributed by atoms with Gasteiger partial charge in [-0.1, -0.05) is 18.9 Å². The van der Waals surface area contributed by atoms with Crippen LogP contribution in [0.15, 0.2) is 36.4 Å². The second-order valence-electron chi connectivity index (χ2n) is 12.7. The van der Waals surface area contributed by atoms with Gasteiger partial charge in [-0.15, -0.1) is 0 Å². The third-order valence-corrected chi connectivity index (χ3v) is 9.22. The van der Waals surface area contributed by atoms with E-state index in [-0.39, 0.29) is 37.5 Å². The molecule has 0 spiro atoms. The molecule has 1 atom stereocenters. The van der Waals surface area contributed by atoms with Crippen LogP contribution in [0, 0.1) is 18.3 Å². The maximum absolute atomic E-state index is 13.6. The summed E-state index contributed by atoms with van der Waals surface area (Å²) >= 11 is 0. The van der Waals surface area contributed by atoms with E-state index in [0.717, 1.165) is 46.3 Å². The number of methoxy groups -OCH3 is 2. The lowest BCUT2D eigenvalue weighted by Gasteiger charge is -2.32. The van der Waals surface area contributed by atoms with E-state index in [1.165, 1.54) is 0 Å². The number of carbonyl (C=O) groups excluding carboxylic acids is 3. The van der Waals surface area contributed by atoms with Crippen molar-refractivity contribution < 1.29 is 33.3 Å². The average Bonchev–Trinajstić information content (AvgIpc) is 3.83. The Labute approximate surface area is 276 Å². The topological polar surface area (TPSA) is 131 Å². The van der Waals surface area contributed by atoms with Gasteiger partial charge in [0, 0.05) is 49.2 Å². The molecule has 3 aromatic rings. The molecule has 2 heterocycles. The van der Waals surface area contributed by atoms with Crippen LogP contribution in [0.5, 0.6) is 17.2 Å². The van der Waals surface area contributed by atoms with Crippen molar-refractivity contribution >= 4 is 28.7 Å². The highest BCUT2D eigenvalue weighted by Crippen LogP contribution is 2.43. The Balaban J connectivity index is 1.38.